The molecule has 0 aliphatic heterocycles. The molecule has 0 unspecified atom stereocenters. The van der Waals surface area contributed by atoms with Gasteiger partial charge in [0.2, 0.25) is 4.77 Å². The van der Waals surface area contributed by atoms with Gasteiger partial charge in [-0.1, -0.05) is 40.2 Å². The van der Waals surface area contributed by atoms with Gasteiger partial charge in [0.1, 0.15) is 5.75 Å². The van der Waals surface area contributed by atoms with E-state index in [0.717, 1.165) is 21.3 Å². The molecule has 5 nitrogen and oxygen atoms in total. The zero-order valence-electron chi connectivity index (χ0n) is 12.2. The Kier molecular flexibility index (Phi) is 4.68. The van der Waals surface area contributed by atoms with Gasteiger partial charge in [-0.3, -0.25) is 0 Å². The Morgan fingerprint density at radius 1 is 1.26 bits per heavy atom. The van der Waals surface area contributed by atoms with E-state index in [2.05, 4.69) is 31.2 Å². The summed E-state index contributed by atoms with van der Waals surface area (Å²) in [5.41, 5.74) is 1.82. The number of aromatic amines is 1. The molecule has 2 aromatic carbocycles. The van der Waals surface area contributed by atoms with Crippen molar-refractivity contribution in [3.8, 4) is 17.1 Å². The highest BCUT2D eigenvalue weighted by atomic mass is 79.9. The molecule has 3 rings (SSSR count). The summed E-state index contributed by atoms with van der Waals surface area (Å²) in [6.45, 7) is 0. The predicted octanol–water partition coefficient (Wildman–Crippen LogP) is 4.26. The normalized spacial score (nSPS) is 11.0. The molecular weight excluding hydrogens is 376 g/mol. The van der Waals surface area contributed by atoms with Crippen LogP contribution in [-0.4, -0.2) is 28.2 Å². The molecule has 0 aliphatic carbocycles. The van der Waals surface area contributed by atoms with Crippen LogP contribution in [0, 0.1) is 4.77 Å². The highest BCUT2D eigenvalue weighted by molar-refractivity contribution is 9.10. The Labute approximate surface area is 146 Å². The summed E-state index contributed by atoms with van der Waals surface area (Å²) in [7, 11) is 1.63. The molecule has 0 atom stereocenters. The number of nitrogens with one attached hydrogen (secondary N) is 1. The molecule has 23 heavy (non-hydrogen) atoms. The third-order valence-corrected chi connectivity index (χ3v) is 3.91. The van der Waals surface area contributed by atoms with Crippen LogP contribution in [0.4, 0.5) is 0 Å². The van der Waals surface area contributed by atoms with Crippen molar-refractivity contribution in [2.24, 2.45) is 5.10 Å². The molecule has 0 saturated heterocycles. The molecule has 0 radical (unpaired) electrons. The topological polar surface area (TPSA) is 55.2 Å². The second-order valence-electron chi connectivity index (χ2n) is 4.70. The molecular formula is C16H13BrN4OS. The zero-order chi connectivity index (χ0) is 16.2. The largest absolute Gasteiger partial charge is 0.497 e. The SMILES string of the molecule is COc1cccc(-c2n[nH]c(=S)n2/N=C\c2cccc(Br)c2)c1. The van der Waals surface area contributed by atoms with Gasteiger partial charge in [0.15, 0.2) is 5.82 Å². The van der Waals surface area contributed by atoms with Gasteiger partial charge in [0, 0.05) is 10.0 Å². The van der Waals surface area contributed by atoms with Gasteiger partial charge >= 0.3 is 0 Å². The fourth-order valence-electron chi connectivity index (χ4n) is 2.06. The van der Waals surface area contributed by atoms with Crippen LogP contribution in [0.3, 0.4) is 0 Å². The predicted molar refractivity (Wildman–Crippen MR) is 96.5 cm³/mol. The van der Waals surface area contributed by atoms with Crippen LogP contribution in [0.25, 0.3) is 11.4 Å². The molecule has 7 heteroatoms. The first-order valence-corrected chi connectivity index (χ1v) is 7.99. The number of hydrogen-bond donors (Lipinski definition) is 1. The first-order chi connectivity index (χ1) is 11.2. The van der Waals surface area contributed by atoms with E-state index in [1.54, 1.807) is 18.0 Å². The lowest BCUT2D eigenvalue weighted by Crippen LogP contribution is -1.95. The van der Waals surface area contributed by atoms with Crippen LogP contribution in [-0.2, 0) is 0 Å². The smallest absolute Gasteiger partial charge is 0.216 e. The third-order valence-electron chi connectivity index (χ3n) is 3.15. The lowest BCUT2D eigenvalue weighted by Gasteiger charge is -2.04. The molecule has 1 heterocycles. The number of ether oxygens (including phenoxy) is 1. The van der Waals surface area contributed by atoms with Gasteiger partial charge in [0.25, 0.3) is 0 Å². The number of benzene rings is 2. The Morgan fingerprint density at radius 2 is 2.09 bits per heavy atom. The summed E-state index contributed by atoms with van der Waals surface area (Å²) in [5, 5.41) is 11.5. The molecule has 0 fully saturated rings. The van der Waals surface area contributed by atoms with Gasteiger partial charge < -0.3 is 4.74 Å². The van der Waals surface area contributed by atoms with E-state index in [1.807, 2.05) is 48.5 Å². The van der Waals surface area contributed by atoms with E-state index >= 15 is 0 Å². The highest BCUT2D eigenvalue weighted by Crippen LogP contribution is 2.22. The standard InChI is InChI=1S/C16H13BrN4OS/c1-22-14-7-3-5-12(9-14)15-19-20-16(23)21(15)18-10-11-4-2-6-13(17)8-11/h2-10H,1H3,(H,20,23)/b18-10-. The second kappa shape index (κ2) is 6.89. The van der Waals surface area contributed by atoms with E-state index in [4.69, 9.17) is 17.0 Å². The van der Waals surface area contributed by atoms with Crippen LogP contribution >= 0.6 is 28.1 Å². The van der Waals surface area contributed by atoms with Crippen LogP contribution in [0.5, 0.6) is 5.75 Å². The van der Waals surface area contributed by atoms with Gasteiger partial charge in [-0.15, -0.1) is 0 Å². The fourth-order valence-corrected chi connectivity index (χ4v) is 2.66. The lowest BCUT2D eigenvalue weighted by atomic mass is 10.2. The Balaban J connectivity index is 2.00. The van der Waals surface area contributed by atoms with Gasteiger partial charge in [-0.25, -0.2) is 5.10 Å². The van der Waals surface area contributed by atoms with Crippen LogP contribution < -0.4 is 4.74 Å². The molecule has 1 N–H and O–H groups in total. The third kappa shape index (κ3) is 3.57. The molecule has 0 bridgehead atoms. The summed E-state index contributed by atoms with van der Waals surface area (Å²) in [4.78, 5) is 0. The van der Waals surface area contributed by atoms with Gasteiger partial charge in [-0.2, -0.15) is 14.9 Å². The van der Waals surface area contributed by atoms with Crippen molar-refractivity contribution in [2.75, 3.05) is 7.11 Å². The average Bonchev–Trinajstić information content (AvgIpc) is 2.94. The summed E-state index contributed by atoms with van der Waals surface area (Å²) in [6, 6.07) is 15.4. The van der Waals surface area contributed by atoms with E-state index in [9.17, 15) is 0 Å². The molecule has 0 amide bonds. The van der Waals surface area contributed by atoms with Crippen LogP contribution in [0.15, 0.2) is 58.1 Å². The van der Waals surface area contributed by atoms with Crippen molar-refractivity contribution >= 4 is 34.4 Å². The van der Waals surface area contributed by atoms with Crippen molar-refractivity contribution in [3.05, 3.63) is 63.3 Å². The number of methoxy groups -OCH3 is 1. The molecule has 1 aromatic heterocycles. The molecule has 0 saturated carbocycles. The maximum Gasteiger partial charge on any atom is 0.216 e. The second-order valence-corrected chi connectivity index (χ2v) is 6.00. The quantitative estimate of drug-likeness (QED) is 0.536. The average molecular weight is 389 g/mol. The molecule has 0 spiro atoms. The van der Waals surface area contributed by atoms with Crippen molar-refractivity contribution in [1.82, 2.24) is 14.9 Å². The molecule has 3 aromatic rings. The Morgan fingerprint density at radius 3 is 2.87 bits per heavy atom. The van der Waals surface area contributed by atoms with E-state index in [1.165, 1.54) is 0 Å². The lowest BCUT2D eigenvalue weighted by molar-refractivity contribution is 0.415. The van der Waals surface area contributed by atoms with Crippen molar-refractivity contribution in [2.45, 2.75) is 0 Å². The van der Waals surface area contributed by atoms with E-state index in [-0.39, 0.29) is 0 Å². The summed E-state index contributed by atoms with van der Waals surface area (Å²) in [5.74, 6) is 1.37. The number of nitrogens with zero attached hydrogens (tertiary/aromatic N) is 3. The maximum absolute atomic E-state index is 5.27. The van der Waals surface area contributed by atoms with Gasteiger partial charge in [-0.05, 0) is 42.0 Å². The highest BCUT2D eigenvalue weighted by Gasteiger charge is 2.08. The van der Waals surface area contributed by atoms with Crippen LogP contribution in [0.2, 0.25) is 0 Å². The minimum absolute atomic E-state index is 0.425. The van der Waals surface area contributed by atoms with Crippen molar-refractivity contribution < 1.29 is 4.74 Å². The number of hydrogen-bond acceptors (Lipinski definition) is 4. The van der Waals surface area contributed by atoms with Crippen LogP contribution in [0.1, 0.15) is 5.56 Å². The zero-order valence-corrected chi connectivity index (χ0v) is 14.6. The van der Waals surface area contributed by atoms with E-state index < -0.39 is 0 Å². The van der Waals surface area contributed by atoms with E-state index in [0.29, 0.717) is 10.6 Å². The molecule has 116 valence electrons. The summed E-state index contributed by atoms with van der Waals surface area (Å²) in [6.07, 6.45) is 1.74. The Hall–Kier alpha value is -2.25. The first-order valence-electron chi connectivity index (χ1n) is 6.79. The molecule has 0 aliphatic rings. The number of aromatic nitrogens is 3. The Bertz CT molecular complexity index is 916. The van der Waals surface area contributed by atoms with Crippen molar-refractivity contribution in [1.29, 1.82) is 0 Å². The summed E-state index contributed by atoms with van der Waals surface area (Å²) < 4.78 is 8.25. The van der Waals surface area contributed by atoms with Gasteiger partial charge in [0.05, 0.1) is 13.3 Å². The maximum atomic E-state index is 5.27. The summed E-state index contributed by atoms with van der Waals surface area (Å²) >= 11 is 8.71. The minimum atomic E-state index is 0.425. The number of rotatable bonds is 4. The monoisotopic (exact) mass is 388 g/mol. The number of halogens is 1. The number of H-pyrrole nitrogens is 1. The first kappa shape index (κ1) is 15.6. The minimum Gasteiger partial charge on any atom is -0.497 e. The fraction of sp³-hybridized carbons (Fsp3) is 0.0625. The van der Waals surface area contributed by atoms with Crippen molar-refractivity contribution in [3.63, 3.8) is 0 Å².